The second-order valence-corrected chi connectivity index (χ2v) is 8.55. The first-order valence-electron chi connectivity index (χ1n) is 11.1. The number of hydrogen-bond donors (Lipinski definition) is 0. The predicted molar refractivity (Wildman–Crippen MR) is 127 cm³/mol. The van der Waals surface area contributed by atoms with Crippen LogP contribution in [0.15, 0.2) is 58.4 Å². The van der Waals surface area contributed by atoms with Crippen LogP contribution in [0, 0.1) is 0 Å². The summed E-state index contributed by atoms with van der Waals surface area (Å²) in [6.07, 6.45) is 4.38. The van der Waals surface area contributed by atoms with E-state index in [1.165, 1.54) is 0 Å². The minimum atomic E-state index is -0.181. The molecule has 4 heterocycles. The van der Waals surface area contributed by atoms with Gasteiger partial charge in [0, 0.05) is 18.9 Å². The Labute approximate surface area is 190 Å². The van der Waals surface area contributed by atoms with Crippen LogP contribution in [-0.4, -0.2) is 52.9 Å². The monoisotopic (exact) mass is 446 g/mol. The van der Waals surface area contributed by atoms with Gasteiger partial charge >= 0.3 is 0 Å². The van der Waals surface area contributed by atoms with Gasteiger partial charge in [-0.2, -0.15) is 0 Å². The molecule has 5 rings (SSSR count). The van der Waals surface area contributed by atoms with Gasteiger partial charge in [0.15, 0.2) is 11.5 Å². The Morgan fingerprint density at radius 3 is 2.27 bits per heavy atom. The average molecular weight is 447 g/mol. The van der Waals surface area contributed by atoms with Crippen LogP contribution in [0.3, 0.4) is 0 Å². The van der Waals surface area contributed by atoms with Gasteiger partial charge in [0.05, 0.1) is 28.4 Å². The number of benzene rings is 1. The molecule has 0 bridgehead atoms. The van der Waals surface area contributed by atoms with E-state index in [4.69, 9.17) is 9.47 Å². The van der Waals surface area contributed by atoms with Gasteiger partial charge in [0.2, 0.25) is 0 Å². The lowest BCUT2D eigenvalue weighted by Gasteiger charge is -2.19. The van der Waals surface area contributed by atoms with E-state index in [-0.39, 0.29) is 11.1 Å². The number of aryl methyl sites for hydroxylation is 1. The highest BCUT2D eigenvalue weighted by Crippen LogP contribution is 2.30. The number of aromatic nitrogens is 3. The van der Waals surface area contributed by atoms with Crippen LogP contribution in [0.1, 0.15) is 12.0 Å². The highest BCUT2D eigenvalue weighted by Gasteiger charge is 2.14. The third-order valence-corrected chi connectivity index (χ3v) is 5.85. The van der Waals surface area contributed by atoms with E-state index in [2.05, 4.69) is 9.88 Å². The first-order chi connectivity index (χ1) is 16.0. The maximum atomic E-state index is 13.3. The van der Waals surface area contributed by atoms with Gasteiger partial charge in [-0.1, -0.05) is 6.07 Å². The fourth-order valence-electron chi connectivity index (χ4n) is 4.15. The van der Waals surface area contributed by atoms with Crippen molar-refractivity contribution in [2.24, 2.45) is 0 Å². The number of pyridine rings is 3. The molecule has 0 unspecified atom stereocenters. The number of hydrogen-bond acceptors (Lipinski definition) is 6. The van der Waals surface area contributed by atoms with Crippen molar-refractivity contribution in [1.82, 2.24) is 19.0 Å². The fraction of sp³-hybridized carbons (Fsp3) is 0.320. The van der Waals surface area contributed by atoms with Crippen molar-refractivity contribution < 1.29 is 9.47 Å². The molecule has 8 heteroatoms. The molecule has 0 amide bonds. The summed E-state index contributed by atoms with van der Waals surface area (Å²) >= 11 is 0. The lowest BCUT2D eigenvalue weighted by molar-refractivity contribution is 0.171. The van der Waals surface area contributed by atoms with Crippen LogP contribution in [0.5, 0.6) is 11.5 Å². The van der Waals surface area contributed by atoms with E-state index < -0.39 is 0 Å². The molecule has 0 spiro atoms. The molecular formula is C25H26N4O4. The van der Waals surface area contributed by atoms with Crippen molar-refractivity contribution >= 4 is 21.8 Å². The van der Waals surface area contributed by atoms with Gasteiger partial charge < -0.3 is 23.5 Å². The molecule has 0 radical (unpaired) electrons. The number of ether oxygens (including phenoxy) is 2. The van der Waals surface area contributed by atoms with Gasteiger partial charge in [-0.15, -0.1) is 0 Å². The van der Waals surface area contributed by atoms with E-state index in [9.17, 15) is 9.59 Å². The molecule has 0 saturated heterocycles. The van der Waals surface area contributed by atoms with Gasteiger partial charge in [0.25, 0.3) is 11.1 Å². The van der Waals surface area contributed by atoms with Crippen molar-refractivity contribution in [3.8, 4) is 11.5 Å². The molecule has 170 valence electrons. The van der Waals surface area contributed by atoms with Crippen LogP contribution < -0.4 is 20.6 Å². The van der Waals surface area contributed by atoms with Gasteiger partial charge in [-0.05, 0) is 63.0 Å². The van der Waals surface area contributed by atoms with E-state index >= 15 is 0 Å². The highest BCUT2D eigenvalue weighted by atomic mass is 16.6. The molecule has 3 aromatic heterocycles. The number of nitrogens with zero attached hydrogens (tertiary/aromatic N) is 4. The second-order valence-electron chi connectivity index (χ2n) is 8.55. The molecule has 0 aliphatic carbocycles. The third-order valence-electron chi connectivity index (χ3n) is 5.85. The lowest BCUT2D eigenvalue weighted by Crippen LogP contribution is -2.24. The number of fused-ring (bicyclic) bond motifs is 3. The summed E-state index contributed by atoms with van der Waals surface area (Å²) in [7, 11) is 4.02. The zero-order valence-corrected chi connectivity index (χ0v) is 18.8. The summed E-state index contributed by atoms with van der Waals surface area (Å²) in [5.41, 5.74) is 1.80. The standard InChI is InChI=1S/C25H26N4O4/c1-27(2)8-3-9-28-10-6-20-18(24(28)30)15-19-21(26-20)7-11-29(25(19)31)16-17-4-5-22-23(14-17)33-13-12-32-22/h4-7,10-11,14-15H,3,8-9,12-13,16H2,1-2H3. The van der Waals surface area contributed by atoms with Crippen molar-refractivity contribution in [1.29, 1.82) is 0 Å². The Bertz CT molecular complexity index is 1460. The molecule has 0 saturated carbocycles. The minimum Gasteiger partial charge on any atom is -0.486 e. The Morgan fingerprint density at radius 1 is 0.879 bits per heavy atom. The molecular weight excluding hydrogens is 420 g/mol. The SMILES string of the molecule is CN(C)CCCn1ccc2nc3ccn(Cc4ccc5c(c4)OCCO5)c(=O)c3cc2c1=O. The molecule has 0 fully saturated rings. The van der Waals surface area contributed by atoms with Gasteiger partial charge in [-0.25, -0.2) is 4.98 Å². The Kier molecular flexibility index (Phi) is 5.60. The molecule has 1 aliphatic rings. The zero-order valence-electron chi connectivity index (χ0n) is 18.8. The summed E-state index contributed by atoms with van der Waals surface area (Å²) in [6, 6.07) is 11.0. The minimum absolute atomic E-state index is 0.123. The summed E-state index contributed by atoms with van der Waals surface area (Å²) in [5, 5.41) is 0.898. The maximum Gasteiger partial charge on any atom is 0.260 e. The van der Waals surface area contributed by atoms with E-state index in [1.54, 1.807) is 27.6 Å². The summed E-state index contributed by atoms with van der Waals surface area (Å²) < 4.78 is 14.5. The predicted octanol–water partition coefficient (Wildman–Crippen LogP) is 2.48. The Balaban J connectivity index is 1.50. The zero-order chi connectivity index (χ0) is 22.9. The van der Waals surface area contributed by atoms with E-state index in [0.717, 1.165) is 18.5 Å². The normalized spacial score (nSPS) is 13.2. The largest absolute Gasteiger partial charge is 0.486 e. The molecule has 0 N–H and O–H groups in total. The van der Waals surface area contributed by atoms with Crippen LogP contribution in [0.2, 0.25) is 0 Å². The smallest absolute Gasteiger partial charge is 0.260 e. The average Bonchev–Trinajstić information content (AvgIpc) is 2.81. The second kappa shape index (κ2) is 8.71. The van der Waals surface area contributed by atoms with Crippen molar-refractivity contribution in [2.75, 3.05) is 33.9 Å². The summed E-state index contributed by atoms with van der Waals surface area (Å²) in [4.78, 5) is 33.0. The van der Waals surface area contributed by atoms with Gasteiger partial charge in [0.1, 0.15) is 13.2 Å². The maximum absolute atomic E-state index is 13.3. The van der Waals surface area contributed by atoms with Crippen LogP contribution in [-0.2, 0) is 13.1 Å². The van der Waals surface area contributed by atoms with E-state index in [0.29, 0.717) is 59.6 Å². The lowest BCUT2D eigenvalue weighted by atomic mass is 10.1. The molecule has 0 atom stereocenters. The Hall–Kier alpha value is -3.65. The van der Waals surface area contributed by atoms with Gasteiger partial charge in [-0.3, -0.25) is 9.59 Å². The summed E-state index contributed by atoms with van der Waals surface area (Å²) in [5.74, 6) is 1.41. The highest BCUT2D eigenvalue weighted by molar-refractivity contribution is 5.91. The fourth-order valence-corrected chi connectivity index (χ4v) is 4.15. The molecule has 8 nitrogen and oxygen atoms in total. The van der Waals surface area contributed by atoms with Crippen molar-refractivity contribution in [2.45, 2.75) is 19.5 Å². The quantitative estimate of drug-likeness (QED) is 0.424. The molecule has 1 aliphatic heterocycles. The van der Waals surface area contributed by atoms with Crippen molar-refractivity contribution in [3.63, 3.8) is 0 Å². The van der Waals surface area contributed by atoms with Crippen LogP contribution in [0.4, 0.5) is 0 Å². The Morgan fingerprint density at radius 2 is 1.55 bits per heavy atom. The number of rotatable bonds is 6. The topological polar surface area (TPSA) is 78.6 Å². The summed E-state index contributed by atoms with van der Waals surface area (Å²) in [6.45, 7) is 2.94. The first kappa shape index (κ1) is 21.2. The van der Waals surface area contributed by atoms with E-state index in [1.807, 2.05) is 44.4 Å². The third kappa shape index (κ3) is 4.21. The van der Waals surface area contributed by atoms with Crippen LogP contribution >= 0.6 is 0 Å². The molecule has 33 heavy (non-hydrogen) atoms. The first-order valence-corrected chi connectivity index (χ1v) is 11.1. The molecule has 4 aromatic rings. The van der Waals surface area contributed by atoms with Crippen LogP contribution in [0.25, 0.3) is 21.8 Å². The van der Waals surface area contributed by atoms with Crippen molar-refractivity contribution in [3.05, 3.63) is 75.1 Å². The molecule has 1 aromatic carbocycles.